The van der Waals surface area contributed by atoms with Gasteiger partial charge in [0.1, 0.15) is 40.5 Å². The van der Waals surface area contributed by atoms with Gasteiger partial charge in [0, 0.05) is 29.6 Å². The van der Waals surface area contributed by atoms with Gasteiger partial charge in [0.2, 0.25) is 0 Å². The average molecular weight is 420 g/mol. The van der Waals surface area contributed by atoms with Crippen molar-refractivity contribution in [2.24, 2.45) is 5.92 Å². The number of carbonyl (C=O) groups excluding carboxylic acids is 1. The van der Waals surface area contributed by atoms with Crippen molar-refractivity contribution in [1.82, 2.24) is 10.3 Å². The highest BCUT2D eigenvalue weighted by molar-refractivity contribution is 7.13. The van der Waals surface area contributed by atoms with Crippen LogP contribution >= 0.6 is 11.3 Å². The summed E-state index contributed by atoms with van der Waals surface area (Å²) in [5.74, 6) is -1.77. The smallest absolute Gasteiger partial charge is 0.270 e. The van der Waals surface area contributed by atoms with E-state index in [1.165, 1.54) is 18.2 Å². The molecule has 0 fully saturated rings. The van der Waals surface area contributed by atoms with E-state index in [9.17, 15) is 18.0 Å². The standard InChI is InChI=1S/C21H19F3N2O2S/c1-12(2)9-25-20(27)19-11-29-21(26-19)17-4-3-16(8-18(17)24)28-10-13-5-14(22)7-15(23)6-13/h3-8,11-12H,9-10H2,1-2H3,(H,25,27). The molecule has 1 N–H and O–H groups in total. The molecule has 4 nitrogen and oxygen atoms in total. The zero-order valence-corrected chi connectivity index (χ0v) is 16.7. The van der Waals surface area contributed by atoms with Gasteiger partial charge in [-0.2, -0.15) is 0 Å². The second-order valence-corrected chi connectivity index (χ2v) is 7.71. The van der Waals surface area contributed by atoms with Crippen molar-refractivity contribution in [2.75, 3.05) is 6.54 Å². The minimum Gasteiger partial charge on any atom is -0.489 e. The molecular formula is C21H19F3N2O2S. The van der Waals surface area contributed by atoms with Gasteiger partial charge in [-0.15, -0.1) is 11.3 Å². The summed E-state index contributed by atoms with van der Waals surface area (Å²) < 4.78 is 46.4. The minimum absolute atomic E-state index is 0.106. The van der Waals surface area contributed by atoms with Crippen LogP contribution in [0.25, 0.3) is 10.6 Å². The van der Waals surface area contributed by atoms with Crippen LogP contribution in [0.2, 0.25) is 0 Å². The lowest BCUT2D eigenvalue weighted by molar-refractivity contribution is 0.0945. The fourth-order valence-corrected chi connectivity index (χ4v) is 3.34. The zero-order chi connectivity index (χ0) is 21.0. The Labute approximate surface area is 170 Å². The lowest BCUT2D eigenvalue weighted by Crippen LogP contribution is -2.27. The molecule has 29 heavy (non-hydrogen) atoms. The lowest BCUT2D eigenvalue weighted by atomic mass is 10.2. The summed E-state index contributed by atoms with van der Waals surface area (Å²) in [5.41, 5.74) is 0.768. The van der Waals surface area contributed by atoms with Crippen molar-refractivity contribution in [1.29, 1.82) is 0 Å². The van der Waals surface area contributed by atoms with E-state index in [-0.39, 0.29) is 29.5 Å². The van der Waals surface area contributed by atoms with Crippen LogP contribution in [0.5, 0.6) is 5.75 Å². The molecule has 0 aliphatic heterocycles. The normalized spacial score (nSPS) is 11.0. The van der Waals surface area contributed by atoms with Gasteiger partial charge in [0.15, 0.2) is 0 Å². The largest absolute Gasteiger partial charge is 0.489 e. The summed E-state index contributed by atoms with van der Waals surface area (Å²) in [6.07, 6.45) is 0. The van der Waals surface area contributed by atoms with E-state index in [4.69, 9.17) is 4.74 Å². The fourth-order valence-electron chi connectivity index (χ4n) is 2.51. The van der Waals surface area contributed by atoms with Crippen molar-refractivity contribution < 1.29 is 22.7 Å². The molecule has 1 heterocycles. The number of ether oxygens (including phenoxy) is 1. The number of nitrogens with one attached hydrogen (secondary N) is 1. The third-order valence-corrected chi connectivity index (χ3v) is 4.78. The third kappa shape index (κ3) is 5.57. The zero-order valence-electron chi connectivity index (χ0n) is 15.8. The summed E-state index contributed by atoms with van der Waals surface area (Å²) >= 11 is 1.16. The highest BCUT2D eigenvalue weighted by Gasteiger charge is 2.15. The molecule has 152 valence electrons. The molecule has 0 aliphatic carbocycles. The van der Waals surface area contributed by atoms with Crippen molar-refractivity contribution in [3.8, 4) is 16.3 Å². The van der Waals surface area contributed by atoms with E-state index >= 15 is 0 Å². The van der Waals surface area contributed by atoms with Gasteiger partial charge in [0.25, 0.3) is 5.91 Å². The Morgan fingerprint density at radius 2 is 1.86 bits per heavy atom. The number of amides is 1. The summed E-state index contributed by atoms with van der Waals surface area (Å²) in [6.45, 7) is 4.39. The topological polar surface area (TPSA) is 51.2 Å². The Bertz CT molecular complexity index is 1000. The summed E-state index contributed by atoms with van der Waals surface area (Å²) in [6, 6.07) is 7.26. The third-order valence-electron chi connectivity index (χ3n) is 3.91. The Kier molecular flexibility index (Phi) is 6.53. The number of carbonyl (C=O) groups is 1. The molecule has 3 rings (SSSR count). The number of rotatable bonds is 7. The number of aromatic nitrogens is 1. The average Bonchev–Trinajstić information content (AvgIpc) is 3.13. The van der Waals surface area contributed by atoms with E-state index in [2.05, 4.69) is 10.3 Å². The molecule has 1 amide bonds. The van der Waals surface area contributed by atoms with E-state index in [0.717, 1.165) is 29.5 Å². The molecule has 1 aromatic heterocycles. The molecule has 0 atom stereocenters. The van der Waals surface area contributed by atoms with Gasteiger partial charge in [-0.1, -0.05) is 13.8 Å². The summed E-state index contributed by atoms with van der Waals surface area (Å²) in [4.78, 5) is 16.3. The maximum absolute atomic E-state index is 14.5. The van der Waals surface area contributed by atoms with E-state index in [1.54, 1.807) is 5.38 Å². The monoisotopic (exact) mass is 420 g/mol. The maximum atomic E-state index is 14.5. The van der Waals surface area contributed by atoms with Gasteiger partial charge in [-0.25, -0.2) is 18.2 Å². The molecule has 0 radical (unpaired) electrons. The van der Waals surface area contributed by atoms with Crippen LogP contribution in [0, 0.1) is 23.4 Å². The van der Waals surface area contributed by atoms with E-state index in [0.29, 0.717) is 23.0 Å². The minimum atomic E-state index is -0.706. The van der Waals surface area contributed by atoms with Gasteiger partial charge >= 0.3 is 0 Å². The first-order valence-electron chi connectivity index (χ1n) is 8.93. The lowest BCUT2D eigenvalue weighted by Gasteiger charge is -2.08. The fraction of sp³-hybridized carbons (Fsp3) is 0.238. The Balaban J connectivity index is 1.69. The molecular weight excluding hydrogens is 401 g/mol. The highest BCUT2D eigenvalue weighted by atomic mass is 32.1. The van der Waals surface area contributed by atoms with Crippen molar-refractivity contribution in [2.45, 2.75) is 20.5 Å². The van der Waals surface area contributed by atoms with Crippen LogP contribution < -0.4 is 10.1 Å². The Morgan fingerprint density at radius 1 is 1.14 bits per heavy atom. The van der Waals surface area contributed by atoms with Gasteiger partial charge in [-0.3, -0.25) is 4.79 Å². The molecule has 0 spiro atoms. The first kappa shape index (κ1) is 20.9. The highest BCUT2D eigenvalue weighted by Crippen LogP contribution is 2.29. The predicted octanol–water partition coefficient (Wildman–Crippen LogP) is 5.19. The van der Waals surface area contributed by atoms with Gasteiger partial charge in [-0.05, 0) is 35.7 Å². The maximum Gasteiger partial charge on any atom is 0.270 e. The number of nitrogens with zero attached hydrogens (tertiary/aromatic N) is 1. The molecule has 0 saturated heterocycles. The predicted molar refractivity (Wildman–Crippen MR) is 105 cm³/mol. The molecule has 0 unspecified atom stereocenters. The van der Waals surface area contributed by atoms with Crippen LogP contribution in [0.3, 0.4) is 0 Å². The Morgan fingerprint density at radius 3 is 2.52 bits per heavy atom. The molecule has 0 saturated carbocycles. The number of hydrogen-bond donors (Lipinski definition) is 1. The van der Waals surface area contributed by atoms with Crippen molar-refractivity contribution in [3.05, 3.63) is 70.5 Å². The van der Waals surface area contributed by atoms with Crippen LogP contribution in [-0.4, -0.2) is 17.4 Å². The molecule has 3 aromatic rings. The van der Waals surface area contributed by atoms with Gasteiger partial charge < -0.3 is 10.1 Å². The molecule has 2 aromatic carbocycles. The summed E-state index contributed by atoms with van der Waals surface area (Å²) in [7, 11) is 0. The quantitative estimate of drug-likeness (QED) is 0.572. The first-order valence-corrected chi connectivity index (χ1v) is 9.81. The van der Waals surface area contributed by atoms with Crippen LogP contribution in [-0.2, 0) is 6.61 Å². The molecule has 8 heteroatoms. The van der Waals surface area contributed by atoms with Crippen LogP contribution in [0.15, 0.2) is 41.8 Å². The summed E-state index contributed by atoms with van der Waals surface area (Å²) in [5, 5.41) is 4.71. The number of hydrogen-bond acceptors (Lipinski definition) is 4. The first-order chi connectivity index (χ1) is 13.8. The Hall–Kier alpha value is -2.87. The second-order valence-electron chi connectivity index (χ2n) is 6.85. The van der Waals surface area contributed by atoms with Crippen LogP contribution in [0.4, 0.5) is 13.2 Å². The molecule has 0 aliphatic rings. The van der Waals surface area contributed by atoms with Gasteiger partial charge in [0.05, 0.1) is 0 Å². The van der Waals surface area contributed by atoms with Crippen molar-refractivity contribution in [3.63, 3.8) is 0 Å². The number of thiazole rings is 1. The SMILES string of the molecule is CC(C)CNC(=O)c1csc(-c2ccc(OCc3cc(F)cc(F)c3)cc2F)n1. The van der Waals surface area contributed by atoms with E-state index < -0.39 is 17.5 Å². The van der Waals surface area contributed by atoms with Crippen molar-refractivity contribution >= 4 is 17.2 Å². The number of halogens is 3. The van der Waals surface area contributed by atoms with Crippen LogP contribution in [0.1, 0.15) is 29.9 Å². The molecule has 0 bridgehead atoms. The second kappa shape index (κ2) is 9.09. The van der Waals surface area contributed by atoms with E-state index in [1.807, 2.05) is 13.8 Å². The number of benzene rings is 2.